The van der Waals surface area contributed by atoms with Crippen molar-refractivity contribution in [3.05, 3.63) is 11.4 Å². The van der Waals surface area contributed by atoms with E-state index < -0.39 is 0 Å². The van der Waals surface area contributed by atoms with Crippen LogP contribution in [0.5, 0.6) is 0 Å². The number of hydrogen-bond donors (Lipinski definition) is 2. The molecule has 17 heavy (non-hydrogen) atoms. The first kappa shape index (κ1) is 13.8. The van der Waals surface area contributed by atoms with Crippen molar-refractivity contribution in [3.63, 3.8) is 0 Å². The maximum Gasteiger partial charge on any atom is 0.243 e. The van der Waals surface area contributed by atoms with E-state index in [0.717, 1.165) is 24.2 Å². The standard InChI is InChI=1S/C12H23N5/c1-6-9-10(7-2)16-17-11(14-9)15-12(4,5)8(3)13/h8H,6-7,13H2,1-5H3,(H,14,15,17). The van der Waals surface area contributed by atoms with Gasteiger partial charge in [0.05, 0.1) is 11.4 Å². The molecule has 1 unspecified atom stereocenters. The molecule has 0 fully saturated rings. The van der Waals surface area contributed by atoms with E-state index in [1.165, 1.54) is 0 Å². The highest BCUT2D eigenvalue weighted by Crippen LogP contribution is 2.14. The van der Waals surface area contributed by atoms with Gasteiger partial charge in [-0.1, -0.05) is 13.8 Å². The van der Waals surface area contributed by atoms with E-state index in [1.54, 1.807) is 0 Å². The van der Waals surface area contributed by atoms with Crippen LogP contribution in [-0.2, 0) is 12.8 Å². The van der Waals surface area contributed by atoms with Gasteiger partial charge in [0.25, 0.3) is 0 Å². The summed E-state index contributed by atoms with van der Waals surface area (Å²) in [5.74, 6) is 0.557. The average Bonchev–Trinajstić information content (AvgIpc) is 2.28. The minimum absolute atomic E-state index is 0.00188. The lowest BCUT2D eigenvalue weighted by Crippen LogP contribution is -2.47. The van der Waals surface area contributed by atoms with E-state index in [0.29, 0.717) is 5.95 Å². The summed E-state index contributed by atoms with van der Waals surface area (Å²) in [6.07, 6.45) is 1.73. The first-order chi connectivity index (χ1) is 7.90. The molecule has 0 radical (unpaired) electrons. The second-order valence-electron chi connectivity index (χ2n) is 4.87. The van der Waals surface area contributed by atoms with Gasteiger partial charge in [-0.05, 0) is 33.6 Å². The van der Waals surface area contributed by atoms with Crippen molar-refractivity contribution in [2.75, 3.05) is 5.32 Å². The number of nitrogens with two attached hydrogens (primary N) is 1. The van der Waals surface area contributed by atoms with Crippen LogP contribution in [0.3, 0.4) is 0 Å². The van der Waals surface area contributed by atoms with E-state index in [-0.39, 0.29) is 11.6 Å². The molecule has 1 heterocycles. The van der Waals surface area contributed by atoms with Crippen molar-refractivity contribution in [2.24, 2.45) is 5.73 Å². The van der Waals surface area contributed by atoms with Crippen LogP contribution < -0.4 is 11.1 Å². The van der Waals surface area contributed by atoms with Gasteiger partial charge in [0.15, 0.2) is 0 Å². The largest absolute Gasteiger partial charge is 0.346 e. The minimum atomic E-state index is -0.250. The van der Waals surface area contributed by atoms with Crippen LogP contribution in [0.2, 0.25) is 0 Å². The van der Waals surface area contributed by atoms with Crippen molar-refractivity contribution < 1.29 is 0 Å². The number of aromatic nitrogens is 3. The fraction of sp³-hybridized carbons (Fsp3) is 0.750. The van der Waals surface area contributed by atoms with Crippen LogP contribution in [0.4, 0.5) is 5.95 Å². The molecule has 0 aliphatic rings. The SMILES string of the molecule is CCc1nnc(NC(C)(C)C(C)N)nc1CC. The molecule has 0 bridgehead atoms. The van der Waals surface area contributed by atoms with Crippen LogP contribution >= 0.6 is 0 Å². The highest BCUT2D eigenvalue weighted by molar-refractivity contribution is 5.30. The van der Waals surface area contributed by atoms with Crippen LogP contribution in [0.25, 0.3) is 0 Å². The lowest BCUT2D eigenvalue weighted by molar-refractivity contribution is 0.465. The number of anilines is 1. The number of nitrogens with zero attached hydrogens (tertiary/aromatic N) is 3. The van der Waals surface area contributed by atoms with Crippen molar-refractivity contribution in [1.29, 1.82) is 0 Å². The second kappa shape index (κ2) is 5.40. The van der Waals surface area contributed by atoms with Gasteiger partial charge in [-0.3, -0.25) is 0 Å². The zero-order valence-corrected chi connectivity index (χ0v) is 11.4. The Morgan fingerprint density at radius 1 is 1.18 bits per heavy atom. The fourth-order valence-corrected chi connectivity index (χ4v) is 1.39. The third-order valence-electron chi connectivity index (χ3n) is 3.08. The Kier molecular flexibility index (Phi) is 4.40. The lowest BCUT2D eigenvalue weighted by atomic mass is 9.97. The van der Waals surface area contributed by atoms with Crippen LogP contribution in [0, 0.1) is 0 Å². The molecule has 1 rings (SSSR count). The van der Waals surface area contributed by atoms with Gasteiger partial charge in [-0.15, -0.1) is 5.10 Å². The van der Waals surface area contributed by atoms with Crippen LogP contribution in [0.15, 0.2) is 0 Å². The van der Waals surface area contributed by atoms with Gasteiger partial charge in [-0.25, -0.2) is 4.98 Å². The van der Waals surface area contributed by atoms with Crippen molar-refractivity contribution in [2.45, 2.75) is 59.0 Å². The molecule has 0 spiro atoms. The molecule has 5 nitrogen and oxygen atoms in total. The molecule has 96 valence electrons. The minimum Gasteiger partial charge on any atom is -0.346 e. The Bertz CT molecular complexity index is 373. The van der Waals surface area contributed by atoms with Gasteiger partial charge in [-0.2, -0.15) is 5.10 Å². The van der Waals surface area contributed by atoms with Gasteiger partial charge < -0.3 is 11.1 Å². The molecule has 1 atom stereocenters. The summed E-state index contributed by atoms with van der Waals surface area (Å²) in [7, 11) is 0. The molecule has 0 aliphatic carbocycles. The number of rotatable bonds is 5. The maximum atomic E-state index is 5.91. The third-order valence-corrected chi connectivity index (χ3v) is 3.08. The van der Waals surface area contributed by atoms with Crippen molar-refractivity contribution >= 4 is 5.95 Å². The third kappa shape index (κ3) is 3.36. The summed E-state index contributed by atoms with van der Waals surface area (Å²) in [5.41, 5.74) is 7.63. The fourth-order valence-electron chi connectivity index (χ4n) is 1.39. The molecule has 1 aromatic rings. The first-order valence-electron chi connectivity index (χ1n) is 6.17. The summed E-state index contributed by atoms with van der Waals surface area (Å²) in [6, 6.07) is 0.00188. The summed E-state index contributed by atoms with van der Waals surface area (Å²) < 4.78 is 0. The Labute approximate surface area is 103 Å². The summed E-state index contributed by atoms with van der Waals surface area (Å²) in [5, 5.41) is 11.5. The maximum absolute atomic E-state index is 5.91. The first-order valence-corrected chi connectivity index (χ1v) is 6.17. The predicted octanol–water partition coefficient (Wildman–Crippen LogP) is 1.53. The zero-order chi connectivity index (χ0) is 13.1. The van der Waals surface area contributed by atoms with E-state index in [9.17, 15) is 0 Å². The molecule has 5 heteroatoms. The summed E-state index contributed by atoms with van der Waals surface area (Å²) in [4.78, 5) is 4.49. The Balaban J connectivity index is 2.93. The Hall–Kier alpha value is -1.23. The molecule has 0 aliphatic heterocycles. The van der Waals surface area contributed by atoms with Crippen molar-refractivity contribution in [3.8, 4) is 0 Å². The lowest BCUT2D eigenvalue weighted by Gasteiger charge is -2.30. The smallest absolute Gasteiger partial charge is 0.243 e. The van der Waals surface area contributed by atoms with Crippen molar-refractivity contribution in [1.82, 2.24) is 15.2 Å². The predicted molar refractivity (Wildman–Crippen MR) is 69.9 cm³/mol. The Morgan fingerprint density at radius 2 is 1.76 bits per heavy atom. The second-order valence-corrected chi connectivity index (χ2v) is 4.87. The Morgan fingerprint density at radius 3 is 2.24 bits per heavy atom. The highest BCUT2D eigenvalue weighted by atomic mass is 15.3. The molecule has 3 N–H and O–H groups in total. The topological polar surface area (TPSA) is 76.7 Å². The van der Waals surface area contributed by atoms with Gasteiger partial charge in [0.2, 0.25) is 5.95 Å². The molecule has 0 saturated heterocycles. The van der Waals surface area contributed by atoms with E-state index in [2.05, 4.69) is 34.3 Å². The molecule has 0 amide bonds. The normalized spacial score (nSPS) is 13.5. The van der Waals surface area contributed by atoms with Gasteiger partial charge in [0.1, 0.15) is 0 Å². The molecular weight excluding hydrogens is 214 g/mol. The average molecular weight is 237 g/mol. The molecule has 0 aromatic carbocycles. The molecule has 1 aromatic heterocycles. The summed E-state index contributed by atoms with van der Waals surface area (Å²) >= 11 is 0. The quantitative estimate of drug-likeness (QED) is 0.812. The zero-order valence-electron chi connectivity index (χ0n) is 11.4. The van der Waals surface area contributed by atoms with Gasteiger partial charge >= 0.3 is 0 Å². The highest BCUT2D eigenvalue weighted by Gasteiger charge is 2.23. The molecule has 0 saturated carbocycles. The van der Waals surface area contributed by atoms with Crippen LogP contribution in [-0.4, -0.2) is 26.8 Å². The number of aryl methyl sites for hydroxylation is 2. The molecular formula is C12H23N5. The number of hydrogen-bond acceptors (Lipinski definition) is 5. The van der Waals surface area contributed by atoms with E-state index in [1.807, 2.05) is 20.8 Å². The monoisotopic (exact) mass is 237 g/mol. The van der Waals surface area contributed by atoms with E-state index in [4.69, 9.17) is 5.73 Å². The number of nitrogens with one attached hydrogen (secondary N) is 1. The van der Waals surface area contributed by atoms with E-state index >= 15 is 0 Å². The summed E-state index contributed by atoms with van der Waals surface area (Å²) in [6.45, 7) is 10.1. The van der Waals surface area contributed by atoms with Gasteiger partial charge in [0, 0.05) is 11.6 Å². The van der Waals surface area contributed by atoms with Crippen LogP contribution in [0.1, 0.15) is 46.0 Å².